The van der Waals surface area contributed by atoms with Crippen molar-refractivity contribution in [1.82, 2.24) is 0 Å². The molecule has 0 bridgehead atoms. The minimum absolute atomic E-state index is 0.0449. The van der Waals surface area contributed by atoms with Crippen LogP contribution in [0.1, 0.15) is 393 Å². The summed E-state index contributed by atoms with van der Waals surface area (Å²) in [5.41, 5.74) is 0. The third kappa shape index (κ3) is 98.6. The molecule has 0 aliphatic carbocycles. The summed E-state index contributed by atoms with van der Waals surface area (Å²) in [6, 6.07) is 0. The highest BCUT2D eigenvalue weighted by Crippen LogP contribution is 2.45. The maximum Gasteiger partial charge on any atom is 0.472 e. The maximum absolute atomic E-state index is 13.1. The SMILES string of the molecule is CC/C=C\C/C=C\C/C=C\C/C=C\C/C=C\C/C=C\CCCCCCCCCCCCCCCCCCC(=O)OCC(O)COP(=O)(O)OCC(O)COP(=O)(O)OCC(COC(=O)CCCCCCCCCCCCCCCCCCC/C=C\C/C=C\C/C=C\C/C=C\C/C=C\CC)OC(=O)CCCC/C=C\C/C=C\C/C=C\C/C=C\C/C=C\C/C=C\CC. The predicted octanol–water partition coefficient (Wildman–Crippen LogP) is 31.1. The first kappa shape index (κ1) is 119. The van der Waals surface area contributed by atoms with Gasteiger partial charge < -0.3 is 34.2 Å². The zero-order valence-electron chi connectivity index (χ0n) is 78.7. The van der Waals surface area contributed by atoms with Crippen LogP contribution in [0, 0.1) is 0 Å². The van der Waals surface area contributed by atoms with Gasteiger partial charge in [-0.05, 0) is 167 Å². The number of carbonyl (C=O) groups excluding carboxylic acids is 3. The number of carbonyl (C=O) groups is 3. The van der Waals surface area contributed by atoms with E-state index in [1.54, 1.807) is 0 Å². The van der Waals surface area contributed by atoms with Gasteiger partial charge in [-0.25, -0.2) is 9.13 Å². The molecule has 0 aromatic rings. The lowest BCUT2D eigenvalue weighted by atomic mass is 10.0. The second-order valence-corrected chi connectivity index (χ2v) is 35.3. The highest BCUT2D eigenvalue weighted by atomic mass is 31.2. The van der Waals surface area contributed by atoms with Gasteiger partial charge in [0.15, 0.2) is 6.10 Å². The van der Waals surface area contributed by atoms with Crippen molar-refractivity contribution in [1.29, 1.82) is 0 Å². The number of unbranched alkanes of at least 4 members (excludes halogenated alkanes) is 35. The molecule has 0 aromatic carbocycles. The molecule has 0 amide bonds. The summed E-state index contributed by atoms with van der Waals surface area (Å²) in [4.78, 5) is 59.1. The normalized spacial score (nSPS) is 14.6. The van der Waals surface area contributed by atoms with E-state index in [9.17, 15) is 43.5 Å². The van der Waals surface area contributed by atoms with Crippen molar-refractivity contribution >= 4 is 33.6 Å². The molecule has 0 spiro atoms. The zero-order chi connectivity index (χ0) is 90.7. The largest absolute Gasteiger partial charge is 0.472 e. The molecule has 4 N–H and O–H groups in total. The fraction of sp³-hybridized carbons (Fsp3) is 0.654. The third-order valence-corrected chi connectivity index (χ3v) is 22.4. The Bertz CT molecular complexity index is 3100. The van der Waals surface area contributed by atoms with E-state index in [4.69, 9.17) is 32.3 Å². The fourth-order valence-corrected chi connectivity index (χ4v) is 14.7. The van der Waals surface area contributed by atoms with Gasteiger partial charge in [0.25, 0.3) is 0 Å². The molecule has 712 valence electrons. The standard InChI is InChI=1S/C107H178O16P2/c1-4-7-10-13-16-19-22-25-28-31-34-37-39-41-43-45-47-49-50-52-54-55-57-59-61-64-66-69-72-75-78-81-84-87-90-93-105(110)117-96-102(108)97-119-124(113,114)120-98-103(109)99-121-125(115,116)122-101-104(123-107(112)95-92-89-86-83-80-77-74-71-68-63-36-33-30-27-24-21-18-15-12-9-6-3)100-118-106(111)94-91-88-85-82-79-76-73-70-67-65-62-60-58-56-53-51-48-46-44-42-40-38-35-32-29-26-23-20-17-14-11-8-5-2/h7-12,16-21,25-30,34-38,41-44,47,49,63,71,74,80,83,102-104,108-109H,4-6,13-15,22-24,31-33,39-40,45-46,48,50-62,64-70,72-73,75-79,81-82,84-101H2,1-3H3,(H,113,114)(H,115,116)/b10-7-,11-8-,12-9-,19-16-,20-17-,21-18-,28-25-,29-26-,30-27-,37-34-,38-35-,43-41-,44-42-,49-47-,63-36-,74-71-,83-80-. The molecule has 0 fully saturated rings. The molecular weight excluding hydrogens is 1600 g/mol. The van der Waals surface area contributed by atoms with Crippen LogP contribution >= 0.6 is 15.6 Å². The summed E-state index contributed by atoms with van der Waals surface area (Å²) in [7, 11) is -9.84. The summed E-state index contributed by atoms with van der Waals surface area (Å²) in [6.45, 7) is 2.33. The van der Waals surface area contributed by atoms with Gasteiger partial charge in [0.05, 0.1) is 26.4 Å². The van der Waals surface area contributed by atoms with E-state index in [2.05, 4.69) is 227 Å². The molecule has 0 saturated heterocycles. The Balaban J connectivity index is 4.56. The lowest BCUT2D eigenvalue weighted by Gasteiger charge is -2.21. The number of phosphoric ester groups is 2. The van der Waals surface area contributed by atoms with Crippen LogP contribution in [-0.4, -0.2) is 95.9 Å². The van der Waals surface area contributed by atoms with Crippen molar-refractivity contribution in [2.24, 2.45) is 0 Å². The monoisotopic (exact) mass is 1780 g/mol. The molecule has 16 nitrogen and oxygen atoms in total. The minimum Gasteiger partial charge on any atom is -0.463 e. The van der Waals surface area contributed by atoms with Gasteiger partial charge in [0.2, 0.25) is 0 Å². The number of rotatable bonds is 92. The van der Waals surface area contributed by atoms with Crippen LogP contribution in [0.25, 0.3) is 0 Å². The molecule has 0 aliphatic rings. The second kappa shape index (κ2) is 97.2. The summed E-state index contributed by atoms with van der Waals surface area (Å²) in [5, 5.41) is 20.8. The molecule has 18 heteroatoms. The first-order chi connectivity index (χ1) is 61.2. The minimum atomic E-state index is -4.96. The van der Waals surface area contributed by atoms with E-state index in [-0.39, 0.29) is 19.3 Å². The number of hydrogen-bond donors (Lipinski definition) is 4. The molecule has 5 unspecified atom stereocenters. The Morgan fingerprint density at radius 2 is 0.400 bits per heavy atom. The van der Waals surface area contributed by atoms with Gasteiger partial charge in [-0.2, -0.15) is 0 Å². The molecule has 0 radical (unpaired) electrons. The smallest absolute Gasteiger partial charge is 0.463 e. The van der Waals surface area contributed by atoms with Crippen molar-refractivity contribution in [2.45, 2.75) is 411 Å². The van der Waals surface area contributed by atoms with Gasteiger partial charge >= 0.3 is 33.6 Å². The number of esters is 3. The number of hydrogen-bond acceptors (Lipinski definition) is 14. The first-order valence-electron chi connectivity index (χ1n) is 49.4. The van der Waals surface area contributed by atoms with Crippen LogP contribution < -0.4 is 0 Å². The van der Waals surface area contributed by atoms with E-state index in [0.29, 0.717) is 25.7 Å². The van der Waals surface area contributed by atoms with E-state index < -0.39 is 91.5 Å². The van der Waals surface area contributed by atoms with Crippen molar-refractivity contribution in [3.63, 3.8) is 0 Å². The average Bonchev–Trinajstić information content (AvgIpc) is 0.895. The number of allylic oxidation sites excluding steroid dienone is 34. The average molecular weight is 1780 g/mol. The van der Waals surface area contributed by atoms with Crippen molar-refractivity contribution in [3.05, 3.63) is 207 Å². The molecule has 5 atom stereocenters. The maximum atomic E-state index is 13.1. The van der Waals surface area contributed by atoms with Crippen molar-refractivity contribution in [2.75, 3.05) is 39.6 Å². The Morgan fingerprint density at radius 1 is 0.224 bits per heavy atom. The number of ether oxygens (including phenoxy) is 3. The van der Waals surface area contributed by atoms with Crippen LogP contribution in [-0.2, 0) is 55.8 Å². The first-order valence-corrected chi connectivity index (χ1v) is 52.4. The van der Waals surface area contributed by atoms with Gasteiger partial charge in [-0.15, -0.1) is 0 Å². The molecule has 125 heavy (non-hydrogen) atoms. The second-order valence-electron chi connectivity index (χ2n) is 32.4. The highest BCUT2D eigenvalue weighted by Gasteiger charge is 2.30. The predicted molar refractivity (Wildman–Crippen MR) is 527 cm³/mol. The lowest BCUT2D eigenvalue weighted by molar-refractivity contribution is -0.161. The molecule has 0 heterocycles. The Kier molecular flexibility index (Phi) is 92.6. The Hall–Kier alpha value is -5.87. The van der Waals surface area contributed by atoms with Crippen molar-refractivity contribution in [3.8, 4) is 0 Å². The zero-order valence-corrected chi connectivity index (χ0v) is 80.5. The van der Waals surface area contributed by atoms with Crippen molar-refractivity contribution < 1.29 is 75.8 Å². The molecule has 0 saturated carbocycles. The number of aliphatic hydroxyl groups excluding tert-OH is 2. The number of phosphoric acid groups is 2. The summed E-state index contributed by atoms with van der Waals surface area (Å²) >= 11 is 0. The third-order valence-electron chi connectivity index (χ3n) is 20.5. The van der Waals surface area contributed by atoms with Crippen LogP contribution in [0.4, 0.5) is 0 Å². The van der Waals surface area contributed by atoms with Crippen LogP contribution in [0.2, 0.25) is 0 Å². The topological polar surface area (TPSA) is 231 Å². The summed E-state index contributed by atoms with van der Waals surface area (Å²) < 4.78 is 61.5. The molecule has 0 aromatic heterocycles. The van der Waals surface area contributed by atoms with Gasteiger partial charge in [0.1, 0.15) is 25.4 Å². The van der Waals surface area contributed by atoms with E-state index in [0.717, 1.165) is 161 Å². The van der Waals surface area contributed by atoms with Gasteiger partial charge in [0, 0.05) is 19.3 Å². The molecule has 0 aliphatic heterocycles. The van der Waals surface area contributed by atoms with Crippen LogP contribution in [0.3, 0.4) is 0 Å². The summed E-state index contributed by atoms with van der Waals surface area (Å²) in [6.07, 6.45) is 132. The fourth-order valence-electron chi connectivity index (χ4n) is 13.1. The lowest BCUT2D eigenvalue weighted by Crippen LogP contribution is -2.30. The molecular formula is C107H178O16P2. The van der Waals surface area contributed by atoms with E-state index in [1.165, 1.54) is 167 Å². The number of aliphatic hydroxyl groups is 2. The van der Waals surface area contributed by atoms with Crippen LogP contribution in [0.15, 0.2) is 207 Å². The van der Waals surface area contributed by atoms with Crippen LogP contribution in [0.5, 0.6) is 0 Å². The van der Waals surface area contributed by atoms with Gasteiger partial charge in [-0.1, -0.05) is 414 Å². The quantitative estimate of drug-likeness (QED) is 0.0146. The van der Waals surface area contributed by atoms with E-state index >= 15 is 0 Å². The Morgan fingerprint density at radius 3 is 0.648 bits per heavy atom. The van der Waals surface area contributed by atoms with E-state index in [1.807, 2.05) is 0 Å². The van der Waals surface area contributed by atoms with Gasteiger partial charge in [-0.3, -0.25) is 32.5 Å². The summed E-state index contributed by atoms with van der Waals surface area (Å²) in [5.74, 6) is -1.62. The molecule has 0 rings (SSSR count). The Labute approximate surface area is 762 Å². The highest BCUT2D eigenvalue weighted by molar-refractivity contribution is 7.47.